The lowest BCUT2D eigenvalue weighted by molar-refractivity contribution is -0.192. The molecule has 0 aliphatic rings. The number of benzene rings is 2. The lowest BCUT2D eigenvalue weighted by atomic mass is 10.2. The molecule has 0 unspecified atom stereocenters. The molecule has 3 aromatic rings. The minimum absolute atomic E-state index is 0.259. The van der Waals surface area contributed by atoms with Crippen molar-refractivity contribution in [3.63, 3.8) is 0 Å². The van der Waals surface area contributed by atoms with E-state index in [-0.39, 0.29) is 5.69 Å². The summed E-state index contributed by atoms with van der Waals surface area (Å²) < 4.78 is 44.5. The van der Waals surface area contributed by atoms with Crippen LogP contribution in [-0.2, 0) is 11.3 Å². The van der Waals surface area contributed by atoms with Gasteiger partial charge in [0.2, 0.25) is 0 Å². The first-order valence-corrected chi connectivity index (χ1v) is 8.52. The van der Waals surface area contributed by atoms with Gasteiger partial charge in [-0.25, -0.2) is 9.59 Å². The topological polar surface area (TPSA) is 98.0 Å². The van der Waals surface area contributed by atoms with Gasteiger partial charge in [-0.15, -0.1) is 0 Å². The Morgan fingerprint density at radius 1 is 1.00 bits per heavy atom. The number of carboxylic acid groups (broad SMARTS) is 2. The van der Waals surface area contributed by atoms with Gasteiger partial charge in [0.1, 0.15) is 12.3 Å². The number of hydrogen-bond acceptors (Lipinski definition) is 4. The van der Waals surface area contributed by atoms with Gasteiger partial charge in [0.25, 0.3) is 0 Å². The van der Waals surface area contributed by atoms with Crippen molar-refractivity contribution in [3.8, 4) is 11.5 Å². The number of carboxylic acids is 2. The molecule has 160 valence electrons. The standard InChI is InChI=1S/C18H17NO4.C2HF3O2/c1-22-16-8-4-5-9-17(16)23-11-10-19-14-7-3-2-6-13(14)12-15(19)18(20)21;3-2(4,5)1(6)7/h2-9,12H,10-11H2,1H3,(H,20,21);(H,6,7). The van der Waals surface area contributed by atoms with E-state index in [0.29, 0.717) is 24.7 Å². The van der Waals surface area contributed by atoms with E-state index < -0.39 is 18.1 Å². The van der Waals surface area contributed by atoms with E-state index in [0.717, 1.165) is 10.9 Å². The van der Waals surface area contributed by atoms with Crippen LogP contribution < -0.4 is 9.47 Å². The van der Waals surface area contributed by atoms with Crippen molar-refractivity contribution < 1.29 is 42.4 Å². The van der Waals surface area contributed by atoms with Gasteiger partial charge in [0.15, 0.2) is 11.5 Å². The number of hydrogen-bond donors (Lipinski definition) is 2. The Hall–Kier alpha value is -3.69. The number of para-hydroxylation sites is 3. The number of halogens is 3. The summed E-state index contributed by atoms with van der Waals surface area (Å²) in [5, 5.41) is 17.4. The second kappa shape index (κ2) is 9.68. The highest BCUT2D eigenvalue weighted by atomic mass is 19.4. The summed E-state index contributed by atoms with van der Waals surface area (Å²) in [6, 6.07) is 16.7. The molecule has 0 radical (unpaired) electrons. The highest BCUT2D eigenvalue weighted by Gasteiger charge is 2.38. The molecular formula is C20H18F3NO6. The molecule has 0 atom stereocenters. The molecule has 30 heavy (non-hydrogen) atoms. The summed E-state index contributed by atoms with van der Waals surface area (Å²) in [6.45, 7) is 0.784. The highest BCUT2D eigenvalue weighted by Crippen LogP contribution is 2.26. The zero-order valence-electron chi connectivity index (χ0n) is 15.7. The Morgan fingerprint density at radius 3 is 2.13 bits per heavy atom. The van der Waals surface area contributed by atoms with Gasteiger partial charge >= 0.3 is 18.1 Å². The summed E-state index contributed by atoms with van der Waals surface area (Å²) in [4.78, 5) is 20.3. The third-order valence-corrected chi connectivity index (χ3v) is 3.91. The number of fused-ring (bicyclic) bond motifs is 1. The first kappa shape index (κ1) is 22.6. The van der Waals surface area contributed by atoms with Crippen LogP contribution in [0.15, 0.2) is 54.6 Å². The fraction of sp³-hybridized carbons (Fsp3) is 0.200. The smallest absolute Gasteiger partial charge is 0.490 e. The summed E-state index contributed by atoms with van der Waals surface area (Å²) in [7, 11) is 1.59. The molecule has 0 amide bonds. The molecule has 1 aromatic heterocycles. The summed E-state index contributed by atoms with van der Waals surface area (Å²) in [5.41, 5.74) is 1.14. The molecule has 1 heterocycles. The van der Waals surface area contributed by atoms with Crippen molar-refractivity contribution in [2.75, 3.05) is 13.7 Å². The van der Waals surface area contributed by atoms with Crippen molar-refractivity contribution in [1.82, 2.24) is 4.57 Å². The maximum atomic E-state index is 11.4. The molecule has 0 bridgehead atoms. The first-order chi connectivity index (χ1) is 14.1. The molecule has 2 N–H and O–H groups in total. The molecule has 0 spiro atoms. The van der Waals surface area contributed by atoms with Crippen LogP contribution in [0.4, 0.5) is 13.2 Å². The van der Waals surface area contributed by atoms with Crippen LogP contribution in [0.5, 0.6) is 11.5 Å². The molecule has 0 saturated heterocycles. The maximum absolute atomic E-state index is 11.4. The zero-order chi connectivity index (χ0) is 22.3. The molecule has 0 aliphatic carbocycles. The molecule has 0 fully saturated rings. The molecule has 7 nitrogen and oxygen atoms in total. The number of carbonyl (C=O) groups is 2. The summed E-state index contributed by atoms with van der Waals surface area (Å²) in [5.74, 6) is -2.40. The molecule has 10 heteroatoms. The number of aromatic nitrogens is 1. The summed E-state index contributed by atoms with van der Waals surface area (Å²) >= 11 is 0. The van der Waals surface area contributed by atoms with E-state index in [1.165, 1.54) is 0 Å². The maximum Gasteiger partial charge on any atom is 0.490 e. The normalized spacial score (nSPS) is 10.8. The van der Waals surface area contributed by atoms with Crippen LogP contribution in [0.2, 0.25) is 0 Å². The van der Waals surface area contributed by atoms with Crippen molar-refractivity contribution in [1.29, 1.82) is 0 Å². The number of aliphatic carboxylic acids is 1. The average molecular weight is 425 g/mol. The lowest BCUT2D eigenvalue weighted by Crippen LogP contribution is -2.21. The first-order valence-electron chi connectivity index (χ1n) is 8.52. The van der Waals surface area contributed by atoms with Crippen molar-refractivity contribution >= 4 is 22.8 Å². The average Bonchev–Trinajstić information content (AvgIpc) is 3.07. The van der Waals surface area contributed by atoms with E-state index in [2.05, 4.69) is 0 Å². The van der Waals surface area contributed by atoms with Crippen LogP contribution in [0.25, 0.3) is 10.9 Å². The Morgan fingerprint density at radius 2 is 1.57 bits per heavy atom. The molecule has 0 saturated carbocycles. The molecular weight excluding hydrogens is 407 g/mol. The van der Waals surface area contributed by atoms with Crippen molar-refractivity contribution in [2.45, 2.75) is 12.7 Å². The minimum atomic E-state index is -5.08. The lowest BCUT2D eigenvalue weighted by Gasteiger charge is -2.12. The van der Waals surface area contributed by atoms with E-state index >= 15 is 0 Å². The van der Waals surface area contributed by atoms with Crippen LogP contribution in [0.1, 0.15) is 10.5 Å². The Labute approximate surface area is 168 Å². The Bertz CT molecular complexity index is 1030. The number of nitrogens with zero attached hydrogens (tertiary/aromatic N) is 1. The van der Waals surface area contributed by atoms with E-state index in [1.54, 1.807) is 17.7 Å². The molecule has 3 rings (SSSR count). The quantitative estimate of drug-likeness (QED) is 0.618. The van der Waals surface area contributed by atoms with Crippen LogP contribution >= 0.6 is 0 Å². The highest BCUT2D eigenvalue weighted by molar-refractivity contribution is 5.94. The predicted molar refractivity (Wildman–Crippen MR) is 101 cm³/mol. The van der Waals surface area contributed by atoms with Gasteiger partial charge in [-0.2, -0.15) is 13.2 Å². The number of ether oxygens (including phenoxy) is 2. The predicted octanol–water partition coefficient (Wildman–Crippen LogP) is 4.06. The van der Waals surface area contributed by atoms with Crippen LogP contribution in [0.3, 0.4) is 0 Å². The van der Waals surface area contributed by atoms with Crippen molar-refractivity contribution in [3.05, 3.63) is 60.3 Å². The fourth-order valence-corrected chi connectivity index (χ4v) is 2.61. The molecule has 2 aromatic carbocycles. The largest absolute Gasteiger partial charge is 0.493 e. The molecule has 0 aliphatic heterocycles. The van der Waals surface area contributed by atoms with Gasteiger partial charge < -0.3 is 24.3 Å². The number of rotatable bonds is 6. The zero-order valence-corrected chi connectivity index (χ0v) is 15.7. The second-order valence-corrected chi connectivity index (χ2v) is 5.85. The van der Waals surface area contributed by atoms with Gasteiger partial charge in [0.05, 0.1) is 13.7 Å². The number of alkyl halides is 3. The minimum Gasteiger partial charge on any atom is -0.493 e. The second-order valence-electron chi connectivity index (χ2n) is 5.85. The van der Waals surface area contributed by atoms with Gasteiger partial charge in [-0.05, 0) is 24.3 Å². The SMILES string of the molecule is COc1ccccc1OCCn1c(C(=O)O)cc2ccccc21.O=C(O)C(F)(F)F. The van der Waals surface area contributed by atoms with E-state index in [9.17, 15) is 23.1 Å². The Kier molecular flexibility index (Phi) is 7.29. The summed E-state index contributed by atoms with van der Waals surface area (Å²) in [6.07, 6.45) is -5.08. The number of methoxy groups -OCH3 is 1. The third-order valence-electron chi connectivity index (χ3n) is 3.91. The Balaban J connectivity index is 0.000000396. The van der Waals surface area contributed by atoms with Crippen molar-refractivity contribution in [2.24, 2.45) is 0 Å². The van der Waals surface area contributed by atoms with Gasteiger partial charge in [-0.1, -0.05) is 30.3 Å². The van der Waals surface area contributed by atoms with Gasteiger partial charge in [-0.3, -0.25) is 0 Å². The van der Waals surface area contributed by atoms with E-state index in [4.69, 9.17) is 19.4 Å². The van der Waals surface area contributed by atoms with E-state index in [1.807, 2.05) is 48.5 Å². The van der Waals surface area contributed by atoms with Crippen LogP contribution in [0, 0.1) is 0 Å². The van der Waals surface area contributed by atoms with Crippen LogP contribution in [-0.4, -0.2) is 46.6 Å². The van der Waals surface area contributed by atoms with Gasteiger partial charge in [0, 0.05) is 10.9 Å². The monoisotopic (exact) mass is 425 g/mol. The number of aromatic carboxylic acids is 1. The fourth-order valence-electron chi connectivity index (χ4n) is 2.61. The third kappa shape index (κ3) is 5.66.